The molecule has 1 heterocycles. The molecule has 0 bridgehead atoms. The molecule has 19 heavy (non-hydrogen) atoms. The van der Waals surface area contributed by atoms with Crippen LogP contribution in [0.4, 0.5) is 0 Å². The maximum atomic E-state index is 11.1. The molecule has 0 amide bonds. The van der Waals surface area contributed by atoms with Crippen molar-refractivity contribution in [2.75, 3.05) is 0 Å². The molecule has 1 fully saturated rings. The van der Waals surface area contributed by atoms with Gasteiger partial charge in [-0.3, -0.25) is 4.79 Å². The standard InChI is InChI=1S/C15H11ClO2S/c16-14-9(4-5-19-14)7-2-1-3-8-10(7)6-11-12(8)13(11)15(17)18/h1-5,11-13H,6H2,(H,17,18). The van der Waals surface area contributed by atoms with Crippen molar-refractivity contribution in [2.24, 2.45) is 11.8 Å². The first-order chi connectivity index (χ1) is 9.18. The van der Waals surface area contributed by atoms with E-state index in [0.717, 1.165) is 16.3 Å². The Labute approximate surface area is 119 Å². The SMILES string of the molecule is O=C(O)C1C2Cc3c(-c4ccsc4Cl)cccc3C21. The topological polar surface area (TPSA) is 37.3 Å². The normalized spacial score (nSPS) is 26.9. The Morgan fingerprint density at radius 1 is 1.32 bits per heavy atom. The molecule has 4 rings (SSSR count). The Bertz CT molecular complexity index is 691. The fraction of sp³-hybridized carbons (Fsp3) is 0.267. The van der Waals surface area contributed by atoms with Crippen LogP contribution in [-0.2, 0) is 11.2 Å². The zero-order valence-corrected chi connectivity index (χ0v) is 11.5. The molecule has 3 unspecified atom stereocenters. The van der Waals surface area contributed by atoms with Gasteiger partial charge in [-0.2, -0.15) is 0 Å². The van der Waals surface area contributed by atoms with Crippen molar-refractivity contribution >= 4 is 28.9 Å². The lowest BCUT2D eigenvalue weighted by molar-refractivity contribution is -0.139. The van der Waals surface area contributed by atoms with Crippen molar-refractivity contribution in [1.29, 1.82) is 0 Å². The smallest absolute Gasteiger partial charge is 0.307 e. The number of thiophene rings is 1. The number of hydrogen-bond donors (Lipinski definition) is 1. The number of rotatable bonds is 2. The van der Waals surface area contributed by atoms with Crippen molar-refractivity contribution < 1.29 is 9.90 Å². The Balaban J connectivity index is 1.81. The minimum absolute atomic E-state index is 0.166. The predicted molar refractivity (Wildman–Crippen MR) is 75.8 cm³/mol. The average Bonchev–Trinajstić information content (AvgIpc) is 2.73. The van der Waals surface area contributed by atoms with E-state index in [1.165, 1.54) is 28.0 Å². The van der Waals surface area contributed by atoms with Gasteiger partial charge >= 0.3 is 5.97 Å². The van der Waals surface area contributed by atoms with E-state index in [9.17, 15) is 4.79 Å². The van der Waals surface area contributed by atoms with Gasteiger partial charge in [0.1, 0.15) is 4.34 Å². The van der Waals surface area contributed by atoms with E-state index in [1.807, 2.05) is 17.5 Å². The molecule has 96 valence electrons. The molecule has 2 aliphatic carbocycles. The Kier molecular flexibility index (Phi) is 2.32. The van der Waals surface area contributed by atoms with Crippen LogP contribution < -0.4 is 0 Å². The number of fused-ring (bicyclic) bond motifs is 3. The van der Waals surface area contributed by atoms with Gasteiger partial charge in [0.05, 0.1) is 5.92 Å². The summed E-state index contributed by atoms with van der Waals surface area (Å²) in [4.78, 5) is 11.1. The molecular weight excluding hydrogens is 280 g/mol. The van der Waals surface area contributed by atoms with Crippen molar-refractivity contribution in [3.05, 3.63) is 45.1 Å². The van der Waals surface area contributed by atoms with E-state index in [1.54, 1.807) is 0 Å². The maximum Gasteiger partial charge on any atom is 0.307 e. The highest BCUT2D eigenvalue weighted by atomic mass is 35.5. The summed E-state index contributed by atoms with van der Waals surface area (Å²) in [5.41, 5.74) is 4.78. The van der Waals surface area contributed by atoms with Gasteiger partial charge in [0.25, 0.3) is 0 Å². The molecule has 0 radical (unpaired) electrons. The number of hydrogen-bond acceptors (Lipinski definition) is 2. The largest absolute Gasteiger partial charge is 0.481 e. The molecule has 3 atom stereocenters. The quantitative estimate of drug-likeness (QED) is 0.906. The van der Waals surface area contributed by atoms with Crippen LogP contribution in [0.5, 0.6) is 0 Å². The summed E-state index contributed by atoms with van der Waals surface area (Å²) in [6.45, 7) is 0. The lowest BCUT2D eigenvalue weighted by Gasteiger charge is -2.11. The predicted octanol–water partition coefficient (Wildman–Crippen LogP) is 4.04. The summed E-state index contributed by atoms with van der Waals surface area (Å²) in [5.74, 6) is -0.295. The van der Waals surface area contributed by atoms with E-state index < -0.39 is 5.97 Å². The van der Waals surface area contributed by atoms with Gasteiger partial charge in [0, 0.05) is 11.5 Å². The zero-order valence-electron chi connectivity index (χ0n) is 9.97. The molecular formula is C15H11ClO2S. The molecule has 0 saturated heterocycles. The number of benzene rings is 1. The van der Waals surface area contributed by atoms with Gasteiger partial charge in [-0.15, -0.1) is 11.3 Å². The van der Waals surface area contributed by atoms with E-state index in [0.29, 0.717) is 5.92 Å². The van der Waals surface area contributed by atoms with Crippen LogP contribution in [-0.4, -0.2) is 11.1 Å². The monoisotopic (exact) mass is 290 g/mol. The molecule has 2 aromatic rings. The summed E-state index contributed by atoms with van der Waals surface area (Å²) in [7, 11) is 0. The highest BCUT2D eigenvalue weighted by Crippen LogP contribution is 2.62. The summed E-state index contributed by atoms with van der Waals surface area (Å²) in [5, 5.41) is 11.2. The van der Waals surface area contributed by atoms with Crippen molar-refractivity contribution in [3.63, 3.8) is 0 Å². The summed E-state index contributed by atoms with van der Waals surface area (Å²) >= 11 is 7.76. The summed E-state index contributed by atoms with van der Waals surface area (Å²) in [6.07, 6.45) is 0.874. The van der Waals surface area contributed by atoms with Crippen LogP contribution in [0.3, 0.4) is 0 Å². The van der Waals surface area contributed by atoms with Crippen LogP contribution >= 0.6 is 22.9 Å². The average molecular weight is 291 g/mol. The van der Waals surface area contributed by atoms with Gasteiger partial charge in [0.2, 0.25) is 0 Å². The first-order valence-electron chi connectivity index (χ1n) is 6.26. The van der Waals surface area contributed by atoms with Gasteiger partial charge < -0.3 is 5.11 Å². The van der Waals surface area contributed by atoms with Crippen molar-refractivity contribution in [1.82, 2.24) is 0 Å². The highest BCUT2D eigenvalue weighted by molar-refractivity contribution is 7.15. The molecule has 2 aliphatic rings. The van der Waals surface area contributed by atoms with E-state index in [2.05, 4.69) is 12.1 Å². The molecule has 4 heteroatoms. The van der Waals surface area contributed by atoms with Crippen LogP contribution in [0, 0.1) is 11.8 Å². The van der Waals surface area contributed by atoms with Crippen LogP contribution in [0.1, 0.15) is 17.0 Å². The third-order valence-corrected chi connectivity index (χ3v) is 5.54. The molecule has 1 N–H and O–H groups in total. The number of carboxylic acids is 1. The Morgan fingerprint density at radius 2 is 2.16 bits per heavy atom. The molecule has 2 nitrogen and oxygen atoms in total. The van der Waals surface area contributed by atoms with E-state index in [4.69, 9.17) is 16.7 Å². The lowest BCUT2D eigenvalue weighted by Crippen LogP contribution is -2.05. The molecule has 1 saturated carbocycles. The summed E-state index contributed by atoms with van der Waals surface area (Å²) in [6, 6.07) is 8.23. The van der Waals surface area contributed by atoms with Crippen LogP contribution in [0.15, 0.2) is 29.6 Å². The third-order valence-electron chi connectivity index (χ3n) is 4.37. The number of halogens is 1. The number of carbonyl (C=O) groups is 1. The molecule has 1 aromatic carbocycles. The van der Waals surface area contributed by atoms with Gasteiger partial charge in [0.15, 0.2) is 0 Å². The maximum absolute atomic E-state index is 11.1. The zero-order chi connectivity index (χ0) is 13.1. The molecule has 1 aromatic heterocycles. The van der Waals surface area contributed by atoms with Gasteiger partial charge in [-0.1, -0.05) is 29.8 Å². The van der Waals surface area contributed by atoms with Crippen LogP contribution in [0.2, 0.25) is 4.34 Å². The Morgan fingerprint density at radius 3 is 2.84 bits per heavy atom. The number of aliphatic carboxylic acids is 1. The first kappa shape index (κ1) is 11.5. The molecule has 0 aliphatic heterocycles. The van der Waals surface area contributed by atoms with Crippen molar-refractivity contribution in [3.8, 4) is 11.1 Å². The minimum Gasteiger partial charge on any atom is -0.481 e. The van der Waals surface area contributed by atoms with Gasteiger partial charge in [-0.05, 0) is 40.5 Å². The number of carboxylic acid groups (broad SMARTS) is 1. The fourth-order valence-electron chi connectivity index (χ4n) is 3.51. The van der Waals surface area contributed by atoms with E-state index >= 15 is 0 Å². The highest BCUT2D eigenvalue weighted by Gasteiger charge is 2.60. The second-order valence-electron chi connectivity index (χ2n) is 5.24. The minimum atomic E-state index is -0.653. The van der Waals surface area contributed by atoms with Crippen LogP contribution in [0.25, 0.3) is 11.1 Å². The summed E-state index contributed by atoms with van der Waals surface area (Å²) < 4.78 is 0.809. The molecule has 0 spiro atoms. The third kappa shape index (κ3) is 1.52. The van der Waals surface area contributed by atoms with E-state index in [-0.39, 0.29) is 11.8 Å². The lowest BCUT2D eigenvalue weighted by atomic mass is 9.94. The van der Waals surface area contributed by atoms with Crippen molar-refractivity contribution in [2.45, 2.75) is 12.3 Å². The van der Waals surface area contributed by atoms with Gasteiger partial charge in [-0.25, -0.2) is 0 Å². The Hall–Kier alpha value is -1.32. The first-order valence-corrected chi connectivity index (χ1v) is 7.52. The second-order valence-corrected chi connectivity index (χ2v) is 6.76. The fourth-order valence-corrected chi connectivity index (χ4v) is 4.46. The second kappa shape index (κ2) is 3.84.